The quantitative estimate of drug-likeness (QED) is 0.938. The molecule has 0 spiro atoms. The molecule has 0 unspecified atom stereocenters. The third-order valence-electron chi connectivity index (χ3n) is 4.02. The van der Waals surface area contributed by atoms with Gasteiger partial charge < -0.3 is 10.2 Å². The predicted molar refractivity (Wildman–Crippen MR) is 90.6 cm³/mol. The van der Waals surface area contributed by atoms with E-state index in [0.29, 0.717) is 0 Å². The Bertz CT molecular complexity index is 661. The van der Waals surface area contributed by atoms with Gasteiger partial charge in [0.2, 0.25) is 0 Å². The molecule has 2 heterocycles. The summed E-state index contributed by atoms with van der Waals surface area (Å²) in [6.45, 7) is 6.02. The molecule has 4 nitrogen and oxygen atoms in total. The molecule has 1 amide bonds. The minimum Gasteiger partial charge on any atom is -0.371 e. The summed E-state index contributed by atoms with van der Waals surface area (Å²) < 4.78 is 0. The first kappa shape index (κ1) is 15.0. The molecule has 2 aromatic rings. The second-order valence-electron chi connectivity index (χ2n) is 5.70. The highest BCUT2D eigenvalue weighted by Gasteiger charge is 2.20. The zero-order chi connectivity index (χ0) is 15.5. The molecule has 1 fully saturated rings. The average Bonchev–Trinajstić information content (AvgIpc) is 3.18. The van der Waals surface area contributed by atoms with E-state index in [0.717, 1.165) is 35.0 Å². The molecule has 116 valence electrons. The van der Waals surface area contributed by atoms with Crippen molar-refractivity contribution in [1.29, 1.82) is 0 Å². The molecule has 0 aliphatic carbocycles. The monoisotopic (exact) mass is 315 g/mol. The minimum atomic E-state index is -0.0796. The van der Waals surface area contributed by atoms with Gasteiger partial charge in [0.15, 0.2) is 0 Å². The van der Waals surface area contributed by atoms with Crippen LogP contribution in [0.4, 0.5) is 5.69 Å². The van der Waals surface area contributed by atoms with E-state index in [2.05, 4.69) is 15.2 Å². The summed E-state index contributed by atoms with van der Waals surface area (Å²) >= 11 is 1.61. The van der Waals surface area contributed by atoms with E-state index in [1.165, 1.54) is 12.8 Å². The number of nitrogens with zero attached hydrogens (tertiary/aromatic N) is 2. The zero-order valence-corrected chi connectivity index (χ0v) is 13.8. The van der Waals surface area contributed by atoms with E-state index >= 15 is 0 Å². The van der Waals surface area contributed by atoms with Crippen molar-refractivity contribution >= 4 is 22.9 Å². The van der Waals surface area contributed by atoms with Gasteiger partial charge in [0.25, 0.3) is 5.91 Å². The number of nitrogens with one attached hydrogen (secondary N) is 1. The van der Waals surface area contributed by atoms with Crippen LogP contribution in [0.3, 0.4) is 0 Å². The average molecular weight is 315 g/mol. The van der Waals surface area contributed by atoms with Gasteiger partial charge in [-0.05, 0) is 38.8 Å². The number of hydrogen-bond acceptors (Lipinski definition) is 4. The van der Waals surface area contributed by atoms with E-state index in [1.807, 2.05) is 43.5 Å². The van der Waals surface area contributed by atoms with Crippen molar-refractivity contribution in [1.82, 2.24) is 10.3 Å². The van der Waals surface area contributed by atoms with Crippen LogP contribution in [0.2, 0.25) is 0 Å². The van der Waals surface area contributed by atoms with Crippen LogP contribution in [0.15, 0.2) is 29.6 Å². The first-order valence-electron chi connectivity index (χ1n) is 7.72. The molecule has 1 N–H and O–H groups in total. The van der Waals surface area contributed by atoms with Crippen LogP contribution in [0.5, 0.6) is 0 Å². The summed E-state index contributed by atoms with van der Waals surface area (Å²) in [6, 6.07) is 7.79. The van der Waals surface area contributed by atoms with Gasteiger partial charge >= 0.3 is 0 Å². The summed E-state index contributed by atoms with van der Waals surface area (Å²) in [7, 11) is 0. The van der Waals surface area contributed by atoms with Gasteiger partial charge in [-0.1, -0.05) is 12.1 Å². The lowest BCUT2D eigenvalue weighted by Crippen LogP contribution is -2.29. The highest BCUT2D eigenvalue weighted by atomic mass is 32.1. The SMILES string of the molecule is Cc1nc([C@@H](C)NC(=O)c2ccccc2N2CCCC2)cs1. The summed E-state index contributed by atoms with van der Waals surface area (Å²) in [6.07, 6.45) is 2.40. The van der Waals surface area contributed by atoms with Crippen molar-refractivity contribution in [2.24, 2.45) is 0 Å². The molecular weight excluding hydrogens is 294 g/mol. The Morgan fingerprint density at radius 3 is 2.73 bits per heavy atom. The van der Waals surface area contributed by atoms with Crippen LogP contribution in [-0.4, -0.2) is 24.0 Å². The van der Waals surface area contributed by atoms with Crippen LogP contribution in [0, 0.1) is 6.92 Å². The first-order chi connectivity index (χ1) is 10.6. The predicted octanol–water partition coefficient (Wildman–Crippen LogP) is 3.54. The number of aryl methyl sites for hydroxylation is 1. The third kappa shape index (κ3) is 3.14. The van der Waals surface area contributed by atoms with Crippen LogP contribution >= 0.6 is 11.3 Å². The van der Waals surface area contributed by atoms with E-state index < -0.39 is 0 Å². The molecule has 0 radical (unpaired) electrons. The lowest BCUT2D eigenvalue weighted by molar-refractivity contribution is 0.0939. The van der Waals surface area contributed by atoms with E-state index in [1.54, 1.807) is 11.3 Å². The van der Waals surface area contributed by atoms with Gasteiger partial charge in [0, 0.05) is 24.2 Å². The molecule has 3 rings (SSSR count). The van der Waals surface area contributed by atoms with Gasteiger partial charge in [0.05, 0.1) is 22.3 Å². The molecule has 1 aromatic heterocycles. The van der Waals surface area contributed by atoms with Crippen LogP contribution < -0.4 is 10.2 Å². The van der Waals surface area contributed by atoms with Gasteiger partial charge in [-0.25, -0.2) is 4.98 Å². The first-order valence-corrected chi connectivity index (χ1v) is 8.60. The number of aromatic nitrogens is 1. The highest BCUT2D eigenvalue weighted by Crippen LogP contribution is 2.25. The summed E-state index contributed by atoms with van der Waals surface area (Å²) in [5.74, 6) is -0.0272. The molecule has 1 atom stereocenters. The highest BCUT2D eigenvalue weighted by molar-refractivity contribution is 7.09. The Balaban J connectivity index is 1.77. The molecule has 1 aliphatic rings. The fourth-order valence-electron chi connectivity index (χ4n) is 2.83. The fraction of sp³-hybridized carbons (Fsp3) is 0.412. The minimum absolute atomic E-state index is 0.0272. The van der Waals surface area contributed by atoms with E-state index in [9.17, 15) is 4.79 Å². The third-order valence-corrected chi connectivity index (χ3v) is 4.82. The fourth-order valence-corrected chi connectivity index (χ4v) is 3.53. The maximum Gasteiger partial charge on any atom is 0.253 e. The van der Waals surface area contributed by atoms with Crippen molar-refractivity contribution < 1.29 is 4.79 Å². The van der Waals surface area contributed by atoms with Crippen molar-refractivity contribution in [2.45, 2.75) is 32.7 Å². The number of benzene rings is 1. The van der Waals surface area contributed by atoms with Crippen molar-refractivity contribution in [2.75, 3.05) is 18.0 Å². The lowest BCUT2D eigenvalue weighted by Gasteiger charge is -2.21. The second kappa shape index (κ2) is 6.48. The Labute approximate surface area is 135 Å². The number of carbonyl (C=O) groups excluding carboxylic acids is 1. The number of thiazole rings is 1. The molecule has 5 heteroatoms. The topological polar surface area (TPSA) is 45.2 Å². The van der Waals surface area contributed by atoms with Crippen molar-refractivity contribution in [3.8, 4) is 0 Å². The molecule has 1 aromatic carbocycles. The number of para-hydroxylation sites is 1. The smallest absolute Gasteiger partial charge is 0.253 e. The Hall–Kier alpha value is -1.88. The Morgan fingerprint density at radius 2 is 2.05 bits per heavy atom. The van der Waals surface area contributed by atoms with Gasteiger partial charge in [-0.3, -0.25) is 4.79 Å². The van der Waals surface area contributed by atoms with Crippen LogP contribution in [0.1, 0.15) is 46.9 Å². The Morgan fingerprint density at radius 1 is 1.32 bits per heavy atom. The van der Waals surface area contributed by atoms with Crippen molar-refractivity contribution in [3.05, 3.63) is 45.9 Å². The van der Waals surface area contributed by atoms with Crippen LogP contribution in [0.25, 0.3) is 0 Å². The molecule has 0 bridgehead atoms. The lowest BCUT2D eigenvalue weighted by atomic mass is 10.1. The standard InChI is InChI=1S/C17H21N3OS/c1-12(15-11-22-13(2)19-15)18-17(21)14-7-3-4-8-16(14)20-9-5-6-10-20/h3-4,7-8,11-12H,5-6,9-10H2,1-2H3,(H,18,21)/t12-/m1/s1. The molecule has 22 heavy (non-hydrogen) atoms. The van der Waals surface area contributed by atoms with Crippen LogP contribution in [-0.2, 0) is 0 Å². The van der Waals surface area contributed by atoms with Crippen molar-refractivity contribution in [3.63, 3.8) is 0 Å². The normalized spacial score (nSPS) is 15.8. The Kier molecular flexibility index (Phi) is 4.43. The molecule has 1 saturated heterocycles. The number of carbonyl (C=O) groups is 1. The van der Waals surface area contributed by atoms with E-state index in [4.69, 9.17) is 0 Å². The van der Waals surface area contributed by atoms with Gasteiger partial charge in [-0.15, -0.1) is 11.3 Å². The molecule has 1 aliphatic heterocycles. The number of amides is 1. The number of anilines is 1. The second-order valence-corrected chi connectivity index (χ2v) is 6.76. The summed E-state index contributed by atoms with van der Waals surface area (Å²) in [4.78, 5) is 19.4. The van der Waals surface area contributed by atoms with Gasteiger partial charge in [-0.2, -0.15) is 0 Å². The maximum atomic E-state index is 12.7. The van der Waals surface area contributed by atoms with Gasteiger partial charge in [0.1, 0.15) is 0 Å². The number of rotatable bonds is 4. The summed E-state index contributed by atoms with van der Waals surface area (Å²) in [5.41, 5.74) is 2.72. The summed E-state index contributed by atoms with van der Waals surface area (Å²) in [5, 5.41) is 6.10. The largest absolute Gasteiger partial charge is 0.371 e. The van der Waals surface area contributed by atoms with E-state index in [-0.39, 0.29) is 11.9 Å². The number of hydrogen-bond donors (Lipinski definition) is 1. The molecule has 0 saturated carbocycles. The zero-order valence-electron chi connectivity index (χ0n) is 13.0. The maximum absolute atomic E-state index is 12.7. The molecular formula is C17H21N3OS.